The van der Waals surface area contributed by atoms with Crippen LogP contribution in [0.5, 0.6) is 17.2 Å². The van der Waals surface area contributed by atoms with Crippen LogP contribution in [0.4, 0.5) is 0 Å². The lowest BCUT2D eigenvalue weighted by molar-refractivity contribution is 0.448. The summed E-state index contributed by atoms with van der Waals surface area (Å²) in [6.45, 7) is 3.93. The van der Waals surface area contributed by atoms with Crippen molar-refractivity contribution in [3.05, 3.63) is 41.5 Å². The van der Waals surface area contributed by atoms with Crippen molar-refractivity contribution < 1.29 is 15.3 Å². The maximum Gasteiger partial charge on any atom is 0.127 e. The smallest absolute Gasteiger partial charge is 0.127 e. The Morgan fingerprint density at radius 3 is 1.79 bits per heavy atom. The van der Waals surface area contributed by atoms with E-state index in [-0.39, 0.29) is 17.2 Å². The fraction of sp³-hybridized carbons (Fsp3) is 0.250. The molecular formula is C16H18O3. The van der Waals surface area contributed by atoms with Crippen molar-refractivity contribution in [2.24, 2.45) is 0 Å². The molecule has 0 radical (unpaired) electrons. The Morgan fingerprint density at radius 1 is 0.737 bits per heavy atom. The Bertz CT molecular complexity index is 583. The molecule has 0 heterocycles. The largest absolute Gasteiger partial charge is 0.507 e. The fourth-order valence-electron chi connectivity index (χ4n) is 2.32. The second-order valence-electron chi connectivity index (χ2n) is 4.49. The second kappa shape index (κ2) is 5.22. The molecule has 0 unspecified atom stereocenters. The summed E-state index contributed by atoms with van der Waals surface area (Å²) in [6.07, 6.45) is 1.40. The zero-order chi connectivity index (χ0) is 14.0. The number of aryl methyl sites for hydroxylation is 2. The molecule has 3 heteroatoms. The third-order valence-electron chi connectivity index (χ3n) is 3.38. The first-order valence-electron chi connectivity index (χ1n) is 6.45. The van der Waals surface area contributed by atoms with Crippen LogP contribution in [-0.2, 0) is 12.8 Å². The molecule has 0 fully saturated rings. The molecule has 0 atom stereocenters. The van der Waals surface area contributed by atoms with Gasteiger partial charge in [0.05, 0.1) is 5.56 Å². The average molecular weight is 258 g/mol. The van der Waals surface area contributed by atoms with Gasteiger partial charge in [0.15, 0.2) is 0 Å². The lowest BCUT2D eigenvalue weighted by Gasteiger charge is -2.15. The van der Waals surface area contributed by atoms with Crippen LogP contribution in [0.15, 0.2) is 30.3 Å². The van der Waals surface area contributed by atoms with Gasteiger partial charge in [-0.15, -0.1) is 0 Å². The highest BCUT2D eigenvalue weighted by Gasteiger charge is 2.18. The summed E-state index contributed by atoms with van der Waals surface area (Å²) in [5.41, 5.74) is 2.52. The number of benzene rings is 2. The molecule has 2 aromatic rings. The minimum absolute atomic E-state index is 0.0294. The summed E-state index contributed by atoms with van der Waals surface area (Å²) >= 11 is 0. The summed E-state index contributed by atoms with van der Waals surface area (Å²) in [6, 6.07) is 8.40. The number of phenolic OH excluding ortho intramolecular Hbond substituents is 3. The standard InChI is InChI=1S/C16H18O3/c1-3-10-8-9-11(4-2)16(19)14(10)15-12(17)6-5-7-13(15)18/h5-9,17-19H,3-4H2,1-2H3. The van der Waals surface area contributed by atoms with Gasteiger partial charge in [0.25, 0.3) is 0 Å². The zero-order valence-electron chi connectivity index (χ0n) is 11.1. The van der Waals surface area contributed by atoms with Crippen LogP contribution in [0.25, 0.3) is 11.1 Å². The molecule has 0 spiro atoms. The molecule has 0 saturated carbocycles. The van der Waals surface area contributed by atoms with Gasteiger partial charge in [-0.05, 0) is 36.1 Å². The Labute approximate surface area is 112 Å². The maximum absolute atomic E-state index is 10.4. The summed E-state index contributed by atoms with van der Waals surface area (Å²) in [4.78, 5) is 0. The van der Waals surface area contributed by atoms with Crippen LogP contribution in [0.1, 0.15) is 25.0 Å². The lowest BCUT2D eigenvalue weighted by Crippen LogP contribution is -1.93. The van der Waals surface area contributed by atoms with E-state index in [9.17, 15) is 15.3 Å². The van der Waals surface area contributed by atoms with Gasteiger partial charge in [-0.25, -0.2) is 0 Å². The van der Waals surface area contributed by atoms with Gasteiger partial charge < -0.3 is 15.3 Å². The van der Waals surface area contributed by atoms with Crippen LogP contribution < -0.4 is 0 Å². The molecule has 0 aliphatic rings. The lowest BCUT2D eigenvalue weighted by atomic mass is 9.92. The minimum atomic E-state index is -0.0294. The number of hydrogen-bond acceptors (Lipinski definition) is 3. The van der Waals surface area contributed by atoms with Crippen molar-refractivity contribution in [2.45, 2.75) is 26.7 Å². The van der Waals surface area contributed by atoms with Gasteiger partial charge in [0.2, 0.25) is 0 Å². The summed E-state index contributed by atoms with van der Waals surface area (Å²) in [5.74, 6) is 0.0788. The Balaban J connectivity index is 2.80. The molecule has 0 bridgehead atoms. The SMILES string of the molecule is CCc1ccc(CC)c(-c2c(O)cccc2O)c1O. The number of aromatic hydroxyl groups is 3. The predicted molar refractivity (Wildman–Crippen MR) is 75.6 cm³/mol. The molecule has 19 heavy (non-hydrogen) atoms. The van der Waals surface area contributed by atoms with Crippen LogP contribution >= 0.6 is 0 Å². The first kappa shape index (κ1) is 13.3. The van der Waals surface area contributed by atoms with Gasteiger partial charge in [-0.3, -0.25) is 0 Å². The monoisotopic (exact) mass is 258 g/mol. The van der Waals surface area contributed by atoms with Gasteiger partial charge in [-0.2, -0.15) is 0 Å². The third kappa shape index (κ3) is 2.24. The normalized spacial score (nSPS) is 10.6. The summed E-state index contributed by atoms with van der Waals surface area (Å²) in [7, 11) is 0. The molecule has 0 saturated heterocycles. The van der Waals surface area contributed by atoms with Gasteiger partial charge in [0.1, 0.15) is 17.2 Å². The van der Waals surface area contributed by atoms with E-state index in [1.165, 1.54) is 12.1 Å². The number of phenols is 3. The van der Waals surface area contributed by atoms with Gasteiger partial charge >= 0.3 is 0 Å². The van der Waals surface area contributed by atoms with Crippen molar-refractivity contribution in [3.8, 4) is 28.4 Å². The highest BCUT2D eigenvalue weighted by atomic mass is 16.3. The maximum atomic E-state index is 10.4. The molecule has 0 aliphatic heterocycles. The second-order valence-corrected chi connectivity index (χ2v) is 4.49. The van der Waals surface area contributed by atoms with Crippen LogP contribution in [0.2, 0.25) is 0 Å². The molecular weight excluding hydrogens is 240 g/mol. The van der Waals surface area contributed by atoms with Crippen molar-refractivity contribution in [3.63, 3.8) is 0 Å². The number of rotatable bonds is 3. The highest BCUT2D eigenvalue weighted by Crippen LogP contribution is 2.44. The summed E-state index contributed by atoms with van der Waals surface area (Å²) in [5, 5.41) is 30.3. The molecule has 100 valence electrons. The van der Waals surface area contributed by atoms with E-state index in [0.29, 0.717) is 24.0 Å². The highest BCUT2D eigenvalue weighted by molar-refractivity contribution is 5.83. The van der Waals surface area contributed by atoms with Gasteiger partial charge in [-0.1, -0.05) is 32.0 Å². The predicted octanol–water partition coefficient (Wildman–Crippen LogP) is 3.60. The van der Waals surface area contributed by atoms with Gasteiger partial charge in [0, 0.05) is 5.56 Å². The molecule has 0 aliphatic carbocycles. The molecule has 3 nitrogen and oxygen atoms in total. The Morgan fingerprint density at radius 2 is 1.26 bits per heavy atom. The zero-order valence-corrected chi connectivity index (χ0v) is 11.1. The topological polar surface area (TPSA) is 60.7 Å². The van der Waals surface area contributed by atoms with E-state index in [4.69, 9.17) is 0 Å². The van der Waals surface area contributed by atoms with Crippen LogP contribution in [0.3, 0.4) is 0 Å². The van der Waals surface area contributed by atoms with E-state index >= 15 is 0 Å². The summed E-state index contributed by atoms with van der Waals surface area (Å²) < 4.78 is 0. The van der Waals surface area contributed by atoms with E-state index in [1.54, 1.807) is 6.07 Å². The van der Waals surface area contributed by atoms with E-state index in [2.05, 4.69) is 0 Å². The molecule has 3 N–H and O–H groups in total. The van der Waals surface area contributed by atoms with Crippen molar-refractivity contribution >= 4 is 0 Å². The number of hydrogen-bond donors (Lipinski definition) is 3. The van der Waals surface area contributed by atoms with E-state index in [0.717, 1.165) is 11.1 Å². The quantitative estimate of drug-likeness (QED) is 0.788. The van der Waals surface area contributed by atoms with Crippen LogP contribution in [0, 0.1) is 0 Å². The van der Waals surface area contributed by atoms with E-state index < -0.39 is 0 Å². The van der Waals surface area contributed by atoms with E-state index in [1.807, 2.05) is 26.0 Å². The third-order valence-corrected chi connectivity index (χ3v) is 3.38. The fourth-order valence-corrected chi connectivity index (χ4v) is 2.32. The molecule has 2 rings (SSSR count). The van der Waals surface area contributed by atoms with Crippen molar-refractivity contribution in [2.75, 3.05) is 0 Å². The van der Waals surface area contributed by atoms with Crippen molar-refractivity contribution in [1.29, 1.82) is 0 Å². The molecule has 2 aromatic carbocycles. The first-order valence-corrected chi connectivity index (χ1v) is 6.45. The van der Waals surface area contributed by atoms with Crippen LogP contribution in [-0.4, -0.2) is 15.3 Å². The molecule has 0 amide bonds. The Hall–Kier alpha value is -2.16. The van der Waals surface area contributed by atoms with Crippen molar-refractivity contribution in [1.82, 2.24) is 0 Å². The average Bonchev–Trinajstić information content (AvgIpc) is 2.40. The molecule has 0 aromatic heterocycles. The minimum Gasteiger partial charge on any atom is -0.507 e. The first-order chi connectivity index (χ1) is 9.10. The Kier molecular flexibility index (Phi) is 3.65.